The molecule has 20 heavy (non-hydrogen) atoms. The quantitative estimate of drug-likeness (QED) is 0.920. The lowest BCUT2D eigenvalue weighted by molar-refractivity contribution is 0.103. The summed E-state index contributed by atoms with van der Waals surface area (Å²) in [4.78, 5) is 14.8. The Morgan fingerprint density at radius 1 is 1.25 bits per heavy atom. The third-order valence-electron chi connectivity index (χ3n) is 3.11. The Hall–Kier alpha value is -1.95. The van der Waals surface area contributed by atoms with E-state index in [1.807, 2.05) is 24.3 Å². The van der Waals surface area contributed by atoms with Crippen molar-refractivity contribution in [1.29, 1.82) is 0 Å². The smallest absolute Gasteiger partial charge is 0.269 e. The molecule has 5 nitrogen and oxygen atoms in total. The number of nitrogens with zero attached hydrogens (tertiary/aromatic N) is 3. The predicted molar refractivity (Wildman–Crippen MR) is 82.6 cm³/mol. The van der Waals surface area contributed by atoms with Crippen LogP contribution in [0.15, 0.2) is 24.3 Å². The van der Waals surface area contributed by atoms with Crippen LogP contribution in [0.5, 0.6) is 0 Å². The largest absolute Gasteiger partial charge is 0.372 e. The molecular weight excluding hydrogens is 272 g/mol. The fourth-order valence-electron chi connectivity index (χ4n) is 1.97. The van der Waals surface area contributed by atoms with E-state index in [2.05, 4.69) is 33.7 Å². The standard InChI is InChI=1S/C14H18N4OS/c1-4-18(5-2)12-8-6-11(7-9-12)15-14(19)13-10(3)16-17-20-13/h6-9H,4-5H2,1-3H3,(H,15,19). The lowest BCUT2D eigenvalue weighted by atomic mass is 10.2. The maximum atomic E-state index is 12.0. The highest BCUT2D eigenvalue weighted by Gasteiger charge is 2.13. The van der Waals surface area contributed by atoms with E-state index in [0.29, 0.717) is 10.6 Å². The number of aryl methyl sites for hydroxylation is 1. The highest BCUT2D eigenvalue weighted by Crippen LogP contribution is 2.19. The molecule has 0 aliphatic rings. The Balaban J connectivity index is 2.08. The van der Waals surface area contributed by atoms with Gasteiger partial charge in [-0.1, -0.05) is 4.49 Å². The topological polar surface area (TPSA) is 58.1 Å². The monoisotopic (exact) mass is 290 g/mol. The fraction of sp³-hybridized carbons (Fsp3) is 0.357. The number of benzene rings is 1. The number of hydrogen-bond acceptors (Lipinski definition) is 5. The summed E-state index contributed by atoms with van der Waals surface area (Å²) in [5.74, 6) is -0.159. The molecule has 0 bridgehead atoms. The van der Waals surface area contributed by atoms with Crippen molar-refractivity contribution in [3.63, 3.8) is 0 Å². The van der Waals surface area contributed by atoms with E-state index in [9.17, 15) is 4.79 Å². The van der Waals surface area contributed by atoms with Gasteiger partial charge in [-0.05, 0) is 56.6 Å². The minimum absolute atomic E-state index is 0.159. The third kappa shape index (κ3) is 3.14. The van der Waals surface area contributed by atoms with Gasteiger partial charge in [0.15, 0.2) is 0 Å². The summed E-state index contributed by atoms with van der Waals surface area (Å²) in [6.07, 6.45) is 0. The molecule has 1 aromatic carbocycles. The third-order valence-corrected chi connectivity index (χ3v) is 3.94. The van der Waals surface area contributed by atoms with Crippen LogP contribution in [0.4, 0.5) is 11.4 Å². The van der Waals surface area contributed by atoms with Gasteiger partial charge in [0, 0.05) is 24.5 Å². The summed E-state index contributed by atoms with van der Waals surface area (Å²) in [6.45, 7) is 7.96. The van der Waals surface area contributed by atoms with Gasteiger partial charge in [-0.25, -0.2) is 0 Å². The summed E-state index contributed by atoms with van der Waals surface area (Å²) < 4.78 is 3.77. The molecule has 2 aromatic rings. The molecule has 1 aromatic heterocycles. The number of hydrogen-bond donors (Lipinski definition) is 1. The molecule has 0 radical (unpaired) electrons. The molecule has 0 aliphatic carbocycles. The Labute approximate surface area is 122 Å². The molecule has 0 fully saturated rings. The minimum atomic E-state index is -0.159. The van der Waals surface area contributed by atoms with Crippen molar-refractivity contribution in [2.75, 3.05) is 23.3 Å². The molecule has 0 aliphatic heterocycles. The van der Waals surface area contributed by atoms with Gasteiger partial charge in [0.25, 0.3) is 5.91 Å². The zero-order chi connectivity index (χ0) is 14.5. The Morgan fingerprint density at radius 2 is 1.90 bits per heavy atom. The normalized spacial score (nSPS) is 10.3. The molecule has 0 spiro atoms. The minimum Gasteiger partial charge on any atom is -0.372 e. The maximum Gasteiger partial charge on any atom is 0.269 e. The van der Waals surface area contributed by atoms with E-state index < -0.39 is 0 Å². The first-order chi connectivity index (χ1) is 9.65. The Morgan fingerprint density at radius 3 is 2.40 bits per heavy atom. The van der Waals surface area contributed by atoms with Crippen molar-refractivity contribution >= 4 is 28.8 Å². The molecule has 1 N–H and O–H groups in total. The van der Waals surface area contributed by atoms with E-state index in [4.69, 9.17) is 0 Å². The molecule has 2 rings (SSSR count). The molecule has 0 saturated heterocycles. The van der Waals surface area contributed by atoms with Crippen LogP contribution in [0.1, 0.15) is 29.2 Å². The van der Waals surface area contributed by atoms with Crippen LogP contribution in [0.3, 0.4) is 0 Å². The lowest BCUT2D eigenvalue weighted by Crippen LogP contribution is -2.21. The van der Waals surface area contributed by atoms with E-state index in [1.54, 1.807) is 6.92 Å². The van der Waals surface area contributed by atoms with Crippen molar-refractivity contribution in [1.82, 2.24) is 9.59 Å². The second kappa shape index (κ2) is 6.47. The van der Waals surface area contributed by atoms with Crippen LogP contribution in [-0.4, -0.2) is 28.6 Å². The molecule has 6 heteroatoms. The number of rotatable bonds is 5. The second-order valence-electron chi connectivity index (χ2n) is 4.36. The first-order valence-electron chi connectivity index (χ1n) is 6.61. The van der Waals surface area contributed by atoms with Crippen LogP contribution in [0, 0.1) is 6.92 Å². The lowest BCUT2D eigenvalue weighted by Gasteiger charge is -2.21. The summed E-state index contributed by atoms with van der Waals surface area (Å²) >= 11 is 1.11. The average molecular weight is 290 g/mol. The first kappa shape index (κ1) is 14.5. The number of aromatic nitrogens is 2. The zero-order valence-corrected chi connectivity index (χ0v) is 12.7. The van der Waals surface area contributed by atoms with Gasteiger partial charge in [0.2, 0.25) is 0 Å². The van der Waals surface area contributed by atoms with Crippen molar-refractivity contribution in [2.24, 2.45) is 0 Å². The maximum absolute atomic E-state index is 12.0. The number of anilines is 2. The highest BCUT2D eigenvalue weighted by atomic mass is 32.1. The highest BCUT2D eigenvalue weighted by molar-refractivity contribution is 7.08. The molecule has 1 heterocycles. The molecule has 1 amide bonds. The first-order valence-corrected chi connectivity index (χ1v) is 7.38. The predicted octanol–water partition coefficient (Wildman–Crippen LogP) is 2.95. The van der Waals surface area contributed by atoms with E-state index in [0.717, 1.165) is 36.0 Å². The van der Waals surface area contributed by atoms with Gasteiger partial charge < -0.3 is 10.2 Å². The molecular formula is C14H18N4OS. The van der Waals surface area contributed by atoms with Crippen LogP contribution in [-0.2, 0) is 0 Å². The zero-order valence-electron chi connectivity index (χ0n) is 11.9. The van der Waals surface area contributed by atoms with Gasteiger partial charge in [-0.15, -0.1) is 5.10 Å². The second-order valence-corrected chi connectivity index (χ2v) is 5.11. The summed E-state index contributed by atoms with van der Waals surface area (Å²) in [5.41, 5.74) is 2.59. The summed E-state index contributed by atoms with van der Waals surface area (Å²) in [6, 6.07) is 7.85. The number of carbonyl (C=O) groups is 1. The number of amides is 1. The van der Waals surface area contributed by atoms with Gasteiger partial charge in [-0.3, -0.25) is 4.79 Å². The van der Waals surface area contributed by atoms with Crippen LogP contribution in [0.25, 0.3) is 0 Å². The van der Waals surface area contributed by atoms with Gasteiger partial charge in [-0.2, -0.15) is 0 Å². The summed E-state index contributed by atoms with van der Waals surface area (Å²) in [5, 5.41) is 6.70. The van der Waals surface area contributed by atoms with Crippen molar-refractivity contribution in [3.8, 4) is 0 Å². The molecule has 0 saturated carbocycles. The average Bonchev–Trinajstić information content (AvgIpc) is 2.88. The van der Waals surface area contributed by atoms with Crippen LogP contribution < -0.4 is 10.2 Å². The summed E-state index contributed by atoms with van der Waals surface area (Å²) in [7, 11) is 0. The van der Waals surface area contributed by atoms with Crippen LogP contribution >= 0.6 is 11.5 Å². The van der Waals surface area contributed by atoms with Gasteiger partial charge in [0.05, 0.1) is 5.69 Å². The molecule has 106 valence electrons. The SMILES string of the molecule is CCN(CC)c1ccc(NC(=O)c2snnc2C)cc1. The Kier molecular flexibility index (Phi) is 4.68. The number of nitrogens with one attached hydrogen (secondary N) is 1. The Bertz CT molecular complexity index is 575. The van der Waals surface area contributed by atoms with Gasteiger partial charge >= 0.3 is 0 Å². The van der Waals surface area contributed by atoms with E-state index in [-0.39, 0.29) is 5.91 Å². The van der Waals surface area contributed by atoms with E-state index in [1.165, 1.54) is 0 Å². The van der Waals surface area contributed by atoms with Crippen molar-refractivity contribution in [2.45, 2.75) is 20.8 Å². The van der Waals surface area contributed by atoms with Crippen molar-refractivity contribution in [3.05, 3.63) is 34.8 Å². The van der Waals surface area contributed by atoms with Crippen molar-refractivity contribution < 1.29 is 4.79 Å². The number of carbonyl (C=O) groups excluding carboxylic acids is 1. The molecule has 0 atom stereocenters. The van der Waals surface area contributed by atoms with Crippen LogP contribution in [0.2, 0.25) is 0 Å². The molecule has 0 unspecified atom stereocenters. The fourth-order valence-corrected chi connectivity index (χ4v) is 2.52. The van der Waals surface area contributed by atoms with Gasteiger partial charge in [0.1, 0.15) is 4.88 Å². The van der Waals surface area contributed by atoms with E-state index >= 15 is 0 Å².